The summed E-state index contributed by atoms with van der Waals surface area (Å²) in [7, 11) is 0. The Morgan fingerprint density at radius 3 is 2.43 bits per heavy atom. The van der Waals surface area contributed by atoms with E-state index in [1.54, 1.807) is 19.1 Å². The van der Waals surface area contributed by atoms with Crippen molar-refractivity contribution in [2.75, 3.05) is 5.32 Å². The Balaban J connectivity index is 1.46. The van der Waals surface area contributed by atoms with Gasteiger partial charge in [0.15, 0.2) is 5.82 Å². The smallest absolute Gasteiger partial charge is 0.348 e. The van der Waals surface area contributed by atoms with E-state index in [4.69, 9.17) is 23.2 Å². The molecule has 0 aliphatic rings. The van der Waals surface area contributed by atoms with Crippen molar-refractivity contribution < 1.29 is 27.2 Å². The lowest BCUT2D eigenvalue weighted by Crippen LogP contribution is -2.26. The highest BCUT2D eigenvalue weighted by Gasteiger charge is 2.37. The summed E-state index contributed by atoms with van der Waals surface area (Å²) in [6.07, 6.45) is -3.39. The molecule has 226 valence electrons. The van der Waals surface area contributed by atoms with Crippen LogP contribution in [0.5, 0.6) is 0 Å². The van der Waals surface area contributed by atoms with Gasteiger partial charge in [0.25, 0.3) is 17.6 Å². The monoisotopic (exact) mass is 647 g/mol. The number of benzene rings is 2. The highest BCUT2D eigenvalue weighted by atomic mass is 35.5. The number of nitrogens with one attached hydrogen (secondary N) is 2. The number of carbonyl (C=O) groups is 2. The van der Waals surface area contributed by atoms with Crippen LogP contribution in [-0.4, -0.2) is 46.8 Å². The van der Waals surface area contributed by atoms with Gasteiger partial charge < -0.3 is 10.6 Å². The number of rotatable bonds is 8. The molecule has 0 unspecified atom stereocenters. The van der Waals surface area contributed by atoms with Gasteiger partial charge in [0, 0.05) is 17.8 Å². The van der Waals surface area contributed by atoms with E-state index in [1.807, 2.05) is 0 Å². The van der Waals surface area contributed by atoms with Gasteiger partial charge in [-0.2, -0.15) is 23.1 Å². The molecule has 0 bridgehead atoms. The minimum absolute atomic E-state index is 0.0408. The number of pyridine rings is 1. The quantitative estimate of drug-likeness (QED) is 0.220. The van der Waals surface area contributed by atoms with E-state index in [0.29, 0.717) is 15.9 Å². The molecule has 5 aromatic rings. The van der Waals surface area contributed by atoms with Crippen molar-refractivity contribution in [3.05, 3.63) is 111 Å². The van der Waals surface area contributed by atoms with Crippen LogP contribution in [0.1, 0.15) is 43.5 Å². The molecule has 0 fully saturated rings. The third-order valence-corrected chi connectivity index (χ3v) is 6.61. The normalized spacial score (nSPS) is 11.4. The van der Waals surface area contributed by atoms with Crippen molar-refractivity contribution in [3.63, 3.8) is 0 Å². The third kappa shape index (κ3) is 6.84. The van der Waals surface area contributed by atoms with E-state index in [-0.39, 0.29) is 51.6 Å². The molecule has 0 spiro atoms. The van der Waals surface area contributed by atoms with Crippen LogP contribution >= 0.6 is 23.2 Å². The summed E-state index contributed by atoms with van der Waals surface area (Å²) in [6, 6.07) is 12.8. The number of carbonyl (C=O) groups excluding carboxylic acids is 2. The number of tetrazole rings is 1. The molecule has 0 radical (unpaired) electrons. The van der Waals surface area contributed by atoms with Crippen LogP contribution in [0.4, 0.5) is 23.2 Å². The fraction of sp³-hybridized carbons (Fsp3) is 0.148. The van der Waals surface area contributed by atoms with Gasteiger partial charge in [-0.05, 0) is 65.7 Å². The summed E-state index contributed by atoms with van der Waals surface area (Å²) in [4.78, 5) is 31.7. The lowest BCUT2D eigenvalue weighted by atomic mass is 10.1. The second-order valence-corrected chi connectivity index (χ2v) is 10.1. The first-order valence-corrected chi connectivity index (χ1v) is 13.3. The van der Waals surface area contributed by atoms with Crippen molar-refractivity contribution >= 4 is 40.7 Å². The molecule has 3 heterocycles. The maximum absolute atomic E-state index is 13.7. The van der Waals surface area contributed by atoms with Gasteiger partial charge in [0.05, 0.1) is 22.0 Å². The molecule has 0 saturated carbocycles. The summed E-state index contributed by atoms with van der Waals surface area (Å²) < 4.78 is 53.2. The number of aromatic nitrogens is 7. The zero-order valence-corrected chi connectivity index (χ0v) is 23.9. The lowest BCUT2D eigenvalue weighted by molar-refractivity contribution is -0.145. The van der Waals surface area contributed by atoms with Gasteiger partial charge in [-0.25, -0.2) is 14.1 Å². The van der Waals surface area contributed by atoms with Crippen molar-refractivity contribution in [2.24, 2.45) is 0 Å². The average Bonchev–Trinajstić information content (AvgIpc) is 3.62. The Morgan fingerprint density at radius 2 is 1.75 bits per heavy atom. The molecular formula is C27H19Cl2F4N9O2. The van der Waals surface area contributed by atoms with Gasteiger partial charge in [-0.3, -0.25) is 9.59 Å². The second kappa shape index (κ2) is 12.4. The molecule has 3 aromatic heterocycles. The van der Waals surface area contributed by atoms with E-state index in [9.17, 15) is 27.2 Å². The van der Waals surface area contributed by atoms with E-state index in [1.165, 1.54) is 48.7 Å². The molecule has 2 aromatic carbocycles. The fourth-order valence-corrected chi connectivity index (χ4v) is 4.55. The fourth-order valence-electron chi connectivity index (χ4n) is 4.08. The first-order valence-electron chi connectivity index (χ1n) is 12.6. The predicted octanol–water partition coefficient (Wildman–Crippen LogP) is 5.26. The maximum atomic E-state index is 13.7. The number of hydrogen-bond donors (Lipinski definition) is 2. The van der Waals surface area contributed by atoms with Crippen LogP contribution in [0.2, 0.25) is 10.0 Å². The molecule has 2 N–H and O–H groups in total. The average molecular weight is 648 g/mol. The molecule has 0 atom stereocenters. The molecule has 44 heavy (non-hydrogen) atoms. The second-order valence-electron chi connectivity index (χ2n) is 9.29. The number of anilines is 1. The van der Waals surface area contributed by atoms with Gasteiger partial charge >= 0.3 is 6.18 Å². The Kier molecular flexibility index (Phi) is 8.60. The molecule has 2 amide bonds. The van der Waals surface area contributed by atoms with Gasteiger partial charge in [-0.1, -0.05) is 35.3 Å². The number of nitrogens with zero attached hydrogens (tertiary/aromatic N) is 7. The number of alkyl halides is 3. The Bertz CT molecular complexity index is 1860. The zero-order chi connectivity index (χ0) is 31.6. The minimum atomic E-state index is -4.80. The SMILES string of the molecule is Cc1cc(Cl)cc(C(=O)NCc2ccc(F)cc2)c1NC(=O)c1cc(Cn2nnc(C(F)(F)F)n2)nn1-c1ncccc1Cl. The van der Waals surface area contributed by atoms with Crippen LogP contribution in [0, 0.1) is 12.7 Å². The highest BCUT2D eigenvalue weighted by Crippen LogP contribution is 2.28. The number of hydrogen-bond acceptors (Lipinski definition) is 7. The van der Waals surface area contributed by atoms with Crippen LogP contribution in [-0.2, 0) is 19.3 Å². The van der Waals surface area contributed by atoms with Crippen molar-refractivity contribution in [2.45, 2.75) is 26.2 Å². The topological polar surface area (TPSA) is 133 Å². The molecule has 5 rings (SSSR count). The van der Waals surface area contributed by atoms with Crippen LogP contribution < -0.4 is 10.6 Å². The van der Waals surface area contributed by atoms with Crippen molar-refractivity contribution in [1.82, 2.24) is 40.3 Å². The summed E-state index contributed by atoms with van der Waals surface area (Å²) >= 11 is 12.5. The molecule has 0 aliphatic carbocycles. The maximum Gasteiger partial charge on any atom is 0.455 e. The molecule has 17 heteroatoms. The predicted molar refractivity (Wildman–Crippen MR) is 150 cm³/mol. The number of halogens is 6. The zero-order valence-electron chi connectivity index (χ0n) is 22.4. The Morgan fingerprint density at radius 1 is 1.00 bits per heavy atom. The lowest BCUT2D eigenvalue weighted by Gasteiger charge is -2.15. The molecular weight excluding hydrogens is 629 g/mol. The highest BCUT2D eigenvalue weighted by molar-refractivity contribution is 6.32. The van der Waals surface area contributed by atoms with Gasteiger partial charge in [0.1, 0.15) is 18.1 Å². The summed E-state index contributed by atoms with van der Waals surface area (Å²) in [5.41, 5.74) is 1.21. The van der Waals surface area contributed by atoms with E-state index in [0.717, 1.165) is 4.68 Å². The summed E-state index contributed by atoms with van der Waals surface area (Å²) in [5, 5.41) is 19.8. The van der Waals surface area contributed by atoms with E-state index >= 15 is 0 Å². The van der Waals surface area contributed by atoms with Gasteiger partial charge in [0.2, 0.25) is 0 Å². The van der Waals surface area contributed by atoms with Crippen molar-refractivity contribution in [1.29, 1.82) is 0 Å². The third-order valence-electron chi connectivity index (χ3n) is 6.09. The molecule has 0 saturated heterocycles. The Hall–Kier alpha value is -4.89. The number of amides is 2. The molecule has 0 aliphatic heterocycles. The number of aryl methyl sites for hydroxylation is 1. The van der Waals surface area contributed by atoms with Gasteiger partial charge in [-0.15, -0.1) is 10.2 Å². The largest absolute Gasteiger partial charge is 0.455 e. The van der Waals surface area contributed by atoms with Crippen LogP contribution in [0.15, 0.2) is 60.8 Å². The van der Waals surface area contributed by atoms with E-state index in [2.05, 4.69) is 36.1 Å². The first-order chi connectivity index (χ1) is 20.9. The minimum Gasteiger partial charge on any atom is -0.348 e. The van der Waals surface area contributed by atoms with Crippen LogP contribution in [0.3, 0.4) is 0 Å². The first kappa shape index (κ1) is 30.6. The van der Waals surface area contributed by atoms with Crippen molar-refractivity contribution in [3.8, 4) is 5.82 Å². The Labute approximate surface area is 255 Å². The standard InChI is InChI=1S/C27H19Cl2F4N9O2/c1-14-9-16(28)10-19(24(43)35-12-15-4-6-17(30)7-5-15)22(14)36-25(44)21-11-18(13-41-39-26(37-40-41)27(31,32)33)38-42(21)23-20(29)3-2-8-34-23/h2-11H,12-13H2,1H3,(H,35,43)(H,36,44). The van der Waals surface area contributed by atoms with E-state index < -0.39 is 29.6 Å². The summed E-state index contributed by atoms with van der Waals surface area (Å²) in [5.74, 6) is -3.14. The van der Waals surface area contributed by atoms with Crippen LogP contribution in [0.25, 0.3) is 5.82 Å². The molecule has 11 nitrogen and oxygen atoms in total. The summed E-state index contributed by atoms with van der Waals surface area (Å²) in [6.45, 7) is 1.32.